The number of nitrogens with zero attached hydrogens (tertiary/aromatic N) is 6. The lowest BCUT2D eigenvalue weighted by atomic mass is 10.2. The largest absolute Gasteiger partial charge is 0.366 e. The average molecular weight is 446 g/mol. The Bertz CT molecular complexity index is 1350. The molecule has 9 nitrogen and oxygen atoms in total. The third kappa shape index (κ3) is 3.94. The van der Waals surface area contributed by atoms with Gasteiger partial charge in [-0.2, -0.15) is 5.10 Å². The standard InChI is InChI=1S/C24H27N7O2/c1-2-9-31-20-12-18(24(33)29-10-5-3-4-6-11-29)26-13-17(20)22(28-31)19-15-30-14-16(23(25)32)7-8-21(30)27-19/h7-8,12-15H,2-6,9-11H2,1H3,(H2,25,32). The van der Waals surface area contributed by atoms with Crippen molar-refractivity contribution in [1.29, 1.82) is 0 Å². The molecule has 5 heterocycles. The molecule has 1 saturated heterocycles. The van der Waals surface area contributed by atoms with Gasteiger partial charge in [0.25, 0.3) is 5.91 Å². The molecule has 2 amide bonds. The molecule has 0 aromatic carbocycles. The number of aromatic nitrogens is 5. The van der Waals surface area contributed by atoms with E-state index in [0.29, 0.717) is 28.3 Å². The van der Waals surface area contributed by atoms with Crippen LogP contribution in [0.25, 0.3) is 27.9 Å². The highest BCUT2D eigenvalue weighted by Crippen LogP contribution is 2.28. The predicted molar refractivity (Wildman–Crippen MR) is 125 cm³/mol. The molecule has 4 aromatic rings. The van der Waals surface area contributed by atoms with Gasteiger partial charge in [0.15, 0.2) is 0 Å². The molecule has 2 N–H and O–H groups in total. The van der Waals surface area contributed by atoms with Crippen LogP contribution in [0.3, 0.4) is 0 Å². The zero-order valence-corrected chi connectivity index (χ0v) is 18.7. The van der Waals surface area contributed by atoms with Gasteiger partial charge in [0, 0.05) is 43.6 Å². The molecular formula is C24H27N7O2. The quantitative estimate of drug-likeness (QED) is 0.507. The number of pyridine rings is 2. The van der Waals surface area contributed by atoms with Gasteiger partial charge in [0.05, 0.1) is 11.1 Å². The molecule has 1 fully saturated rings. The number of imidazole rings is 1. The molecule has 170 valence electrons. The van der Waals surface area contributed by atoms with E-state index in [4.69, 9.17) is 10.8 Å². The van der Waals surface area contributed by atoms with E-state index >= 15 is 0 Å². The summed E-state index contributed by atoms with van der Waals surface area (Å²) in [7, 11) is 0. The number of carbonyl (C=O) groups excluding carboxylic acids is 2. The van der Waals surface area contributed by atoms with Gasteiger partial charge in [-0.25, -0.2) is 4.98 Å². The normalized spacial score (nSPS) is 14.6. The highest BCUT2D eigenvalue weighted by atomic mass is 16.2. The van der Waals surface area contributed by atoms with Crippen LogP contribution in [-0.4, -0.2) is 54.0 Å². The number of hydrogen-bond acceptors (Lipinski definition) is 5. The number of aryl methyl sites for hydroxylation is 1. The van der Waals surface area contributed by atoms with Crippen LogP contribution in [0.5, 0.6) is 0 Å². The molecule has 0 bridgehead atoms. The Kier molecular flexibility index (Phi) is 5.53. The first-order valence-electron chi connectivity index (χ1n) is 11.5. The summed E-state index contributed by atoms with van der Waals surface area (Å²) in [6.07, 6.45) is 10.5. The molecule has 4 aromatic heterocycles. The maximum atomic E-state index is 13.1. The van der Waals surface area contributed by atoms with E-state index in [1.54, 1.807) is 28.9 Å². The number of likely N-dealkylation sites (tertiary alicyclic amines) is 1. The Morgan fingerprint density at radius 3 is 2.61 bits per heavy atom. The summed E-state index contributed by atoms with van der Waals surface area (Å²) in [5, 5.41) is 5.66. The number of fused-ring (bicyclic) bond motifs is 2. The van der Waals surface area contributed by atoms with Crippen molar-refractivity contribution in [3.8, 4) is 11.4 Å². The van der Waals surface area contributed by atoms with Crippen molar-refractivity contribution in [2.45, 2.75) is 45.6 Å². The van der Waals surface area contributed by atoms with Crippen LogP contribution in [0.2, 0.25) is 0 Å². The smallest absolute Gasteiger partial charge is 0.272 e. The van der Waals surface area contributed by atoms with E-state index in [1.165, 1.54) is 12.8 Å². The molecular weight excluding hydrogens is 418 g/mol. The molecule has 0 spiro atoms. The van der Waals surface area contributed by atoms with Crippen molar-refractivity contribution >= 4 is 28.4 Å². The summed E-state index contributed by atoms with van der Waals surface area (Å²) in [4.78, 5) is 35.8. The maximum absolute atomic E-state index is 13.1. The van der Waals surface area contributed by atoms with Crippen molar-refractivity contribution in [2.75, 3.05) is 13.1 Å². The molecule has 0 unspecified atom stereocenters. The van der Waals surface area contributed by atoms with Crippen molar-refractivity contribution < 1.29 is 9.59 Å². The van der Waals surface area contributed by atoms with Gasteiger partial charge >= 0.3 is 0 Å². The molecule has 0 aliphatic carbocycles. The topological polar surface area (TPSA) is 111 Å². The number of primary amides is 1. The van der Waals surface area contributed by atoms with Gasteiger partial charge in [-0.3, -0.25) is 19.3 Å². The second-order valence-electron chi connectivity index (χ2n) is 8.54. The minimum Gasteiger partial charge on any atom is -0.366 e. The predicted octanol–water partition coefficient (Wildman–Crippen LogP) is 3.27. The number of amides is 2. The van der Waals surface area contributed by atoms with Crippen LogP contribution in [0, 0.1) is 0 Å². The Labute approximate surface area is 191 Å². The number of rotatable bonds is 5. The van der Waals surface area contributed by atoms with E-state index in [1.807, 2.05) is 21.8 Å². The van der Waals surface area contributed by atoms with Gasteiger partial charge < -0.3 is 15.0 Å². The monoisotopic (exact) mass is 445 g/mol. The molecule has 1 aliphatic rings. The lowest BCUT2D eigenvalue weighted by molar-refractivity contribution is 0.0755. The second-order valence-corrected chi connectivity index (χ2v) is 8.54. The third-order valence-electron chi connectivity index (χ3n) is 6.16. The molecule has 33 heavy (non-hydrogen) atoms. The summed E-state index contributed by atoms with van der Waals surface area (Å²) >= 11 is 0. The molecule has 1 aliphatic heterocycles. The molecule has 0 atom stereocenters. The Balaban J connectivity index is 1.57. The lowest BCUT2D eigenvalue weighted by Crippen LogP contribution is -2.32. The van der Waals surface area contributed by atoms with Crippen LogP contribution in [0.1, 0.15) is 59.9 Å². The summed E-state index contributed by atoms with van der Waals surface area (Å²) in [5.74, 6) is -0.507. The van der Waals surface area contributed by atoms with Gasteiger partial charge in [-0.05, 0) is 37.5 Å². The molecule has 5 rings (SSSR count). The van der Waals surface area contributed by atoms with Gasteiger partial charge in [-0.1, -0.05) is 19.8 Å². The first-order chi connectivity index (χ1) is 16.0. The summed E-state index contributed by atoms with van der Waals surface area (Å²) in [6, 6.07) is 5.27. The highest BCUT2D eigenvalue weighted by molar-refractivity contribution is 5.99. The Morgan fingerprint density at radius 2 is 1.88 bits per heavy atom. The fourth-order valence-electron chi connectivity index (χ4n) is 4.45. The first-order valence-corrected chi connectivity index (χ1v) is 11.5. The summed E-state index contributed by atoms with van der Waals surface area (Å²) < 4.78 is 3.69. The first kappa shape index (κ1) is 21.1. The van der Waals surface area contributed by atoms with Crippen molar-refractivity contribution in [2.24, 2.45) is 5.73 Å². The molecule has 0 saturated carbocycles. The van der Waals surface area contributed by atoms with Crippen LogP contribution in [-0.2, 0) is 6.54 Å². The van der Waals surface area contributed by atoms with Crippen molar-refractivity contribution in [3.05, 3.63) is 48.0 Å². The minimum absolute atomic E-state index is 0.0173. The van der Waals surface area contributed by atoms with E-state index in [0.717, 1.165) is 49.8 Å². The van der Waals surface area contributed by atoms with Crippen LogP contribution < -0.4 is 5.73 Å². The van der Waals surface area contributed by atoms with Crippen molar-refractivity contribution in [3.63, 3.8) is 0 Å². The number of hydrogen-bond donors (Lipinski definition) is 1. The lowest BCUT2D eigenvalue weighted by Gasteiger charge is -2.19. The van der Waals surface area contributed by atoms with Gasteiger partial charge in [-0.15, -0.1) is 0 Å². The van der Waals surface area contributed by atoms with E-state index in [-0.39, 0.29) is 5.91 Å². The van der Waals surface area contributed by atoms with E-state index in [9.17, 15) is 9.59 Å². The fourth-order valence-corrected chi connectivity index (χ4v) is 4.45. The van der Waals surface area contributed by atoms with Gasteiger partial charge in [0.2, 0.25) is 5.91 Å². The Morgan fingerprint density at radius 1 is 1.09 bits per heavy atom. The fraction of sp³-hybridized carbons (Fsp3) is 0.375. The Hall–Kier alpha value is -3.75. The molecule has 0 radical (unpaired) electrons. The summed E-state index contributed by atoms with van der Waals surface area (Å²) in [5.41, 5.74) is 9.20. The third-order valence-corrected chi connectivity index (χ3v) is 6.16. The SMILES string of the molecule is CCCn1nc(-c2cn3cc(C(N)=O)ccc3n2)c2cnc(C(=O)N3CCCCCC3)cc21. The highest BCUT2D eigenvalue weighted by Gasteiger charge is 2.22. The van der Waals surface area contributed by atoms with Crippen molar-refractivity contribution in [1.82, 2.24) is 29.0 Å². The maximum Gasteiger partial charge on any atom is 0.272 e. The summed E-state index contributed by atoms with van der Waals surface area (Å²) in [6.45, 7) is 4.38. The van der Waals surface area contributed by atoms with E-state index in [2.05, 4.69) is 16.9 Å². The number of carbonyl (C=O) groups is 2. The zero-order valence-electron chi connectivity index (χ0n) is 18.7. The van der Waals surface area contributed by atoms with E-state index < -0.39 is 5.91 Å². The van der Waals surface area contributed by atoms with Crippen LogP contribution >= 0.6 is 0 Å². The second kappa shape index (κ2) is 8.65. The van der Waals surface area contributed by atoms with Gasteiger partial charge in [0.1, 0.15) is 22.7 Å². The van der Waals surface area contributed by atoms with Crippen LogP contribution in [0.4, 0.5) is 0 Å². The zero-order chi connectivity index (χ0) is 22.9. The minimum atomic E-state index is -0.490. The molecule has 9 heteroatoms. The number of nitrogens with two attached hydrogens (primary N) is 1. The average Bonchev–Trinajstić information content (AvgIpc) is 3.28. The van der Waals surface area contributed by atoms with Crippen LogP contribution in [0.15, 0.2) is 36.8 Å².